The average molecular weight is 553 g/mol. The summed E-state index contributed by atoms with van der Waals surface area (Å²) in [5, 5.41) is 2.81. The lowest BCUT2D eigenvalue weighted by Crippen LogP contribution is -2.17. The number of hydrogen-bond donors (Lipinski definition) is 2. The molecule has 0 fully saturated rings. The number of ether oxygens (including phenoxy) is 3. The normalized spacial score (nSPS) is 10.9. The maximum absolute atomic E-state index is 13.1. The van der Waals surface area contributed by atoms with Gasteiger partial charge < -0.3 is 19.5 Å². The van der Waals surface area contributed by atoms with E-state index in [4.69, 9.17) is 37.4 Å². The maximum atomic E-state index is 13.1. The standard InChI is InChI=1S/C24H22Cl2N2O7S/c1-4-35-24(30)14-5-8-17(9-6-14)27-23(29)15-11-19(22(34-3)20(12-15)33-2)28-36(31,32)21-13-16(25)7-10-18(21)26/h5-13,28H,4H2,1-3H3,(H,27,29). The van der Waals surface area contributed by atoms with Crippen LogP contribution in [-0.2, 0) is 14.8 Å². The van der Waals surface area contributed by atoms with Crippen molar-refractivity contribution in [2.45, 2.75) is 11.8 Å². The molecular formula is C24H22Cl2N2O7S. The number of hydrogen-bond acceptors (Lipinski definition) is 7. The van der Waals surface area contributed by atoms with Crippen molar-refractivity contribution in [1.29, 1.82) is 0 Å². The Bertz CT molecular complexity index is 1390. The van der Waals surface area contributed by atoms with E-state index in [2.05, 4.69) is 10.0 Å². The van der Waals surface area contributed by atoms with Crippen LogP contribution in [0.1, 0.15) is 27.6 Å². The molecule has 0 heterocycles. The van der Waals surface area contributed by atoms with Crippen molar-refractivity contribution in [2.24, 2.45) is 0 Å². The van der Waals surface area contributed by atoms with Gasteiger partial charge >= 0.3 is 5.97 Å². The molecule has 3 rings (SSSR count). The van der Waals surface area contributed by atoms with E-state index in [1.807, 2.05) is 0 Å². The molecule has 0 spiro atoms. The first-order chi connectivity index (χ1) is 17.1. The molecule has 1 amide bonds. The molecule has 0 aromatic heterocycles. The third-order valence-corrected chi connectivity index (χ3v) is 6.90. The molecule has 0 bridgehead atoms. The summed E-state index contributed by atoms with van der Waals surface area (Å²) in [5.74, 6) is -0.889. The van der Waals surface area contributed by atoms with Gasteiger partial charge in [0.15, 0.2) is 11.5 Å². The highest BCUT2D eigenvalue weighted by atomic mass is 35.5. The summed E-state index contributed by atoms with van der Waals surface area (Å²) in [5.41, 5.74) is 0.737. The monoisotopic (exact) mass is 552 g/mol. The minimum atomic E-state index is -4.22. The third kappa shape index (κ3) is 6.20. The molecule has 0 aliphatic heterocycles. The number of benzene rings is 3. The van der Waals surface area contributed by atoms with Crippen LogP contribution < -0.4 is 19.5 Å². The van der Waals surface area contributed by atoms with E-state index in [1.54, 1.807) is 6.92 Å². The number of halogens is 2. The van der Waals surface area contributed by atoms with E-state index in [0.29, 0.717) is 11.3 Å². The summed E-state index contributed by atoms with van der Waals surface area (Å²) < 4.78 is 44.1. The second-order valence-electron chi connectivity index (χ2n) is 7.19. The van der Waals surface area contributed by atoms with Gasteiger partial charge in [-0.1, -0.05) is 23.2 Å². The number of methoxy groups -OCH3 is 2. The third-order valence-electron chi connectivity index (χ3n) is 4.82. The Morgan fingerprint density at radius 1 is 0.917 bits per heavy atom. The first-order valence-electron chi connectivity index (χ1n) is 10.4. The highest BCUT2D eigenvalue weighted by Crippen LogP contribution is 2.38. The van der Waals surface area contributed by atoms with Crippen molar-refractivity contribution in [2.75, 3.05) is 30.9 Å². The Morgan fingerprint density at radius 3 is 2.22 bits per heavy atom. The number of rotatable bonds is 9. The van der Waals surface area contributed by atoms with Crippen molar-refractivity contribution < 1.29 is 32.2 Å². The minimum Gasteiger partial charge on any atom is -0.493 e. The Balaban J connectivity index is 1.94. The largest absolute Gasteiger partial charge is 0.493 e. The molecule has 0 atom stereocenters. The lowest BCUT2D eigenvalue weighted by atomic mass is 10.1. The van der Waals surface area contributed by atoms with Gasteiger partial charge in [0.2, 0.25) is 0 Å². The Kier molecular flexibility index (Phi) is 8.67. The highest BCUT2D eigenvalue weighted by Gasteiger charge is 2.24. The first kappa shape index (κ1) is 27.1. The maximum Gasteiger partial charge on any atom is 0.338 e. The number of carbonyl (C=O) groups is 2. The number of carbonyl (C=O) groups excluding carboxylic acids is 2. The van der Waals surface area contributed by atoms with E-state index in [-0.39, 0.29) is 44.3 Å². The summed E-state index contributed by atoms with van der Waals surface area (Å²) in [7, 11) is -1.55. The molecule has 12 heteroatoms. The molecule has 0 aliphatic rings. The van der Waals surface area contributed by atoms with Crippen LogP contribution in [0, 0.1) is 0 Å². The molecule has 3 aromatic carbocycles. The molecule has 0 radical (unpaired) electrons. The Morgan fingerprint density at radius 2 is 1.61 bits per heavy atom. The van der Waals surface area contributed by atoms with Crippen LogP contribution in [0.4, 0.5) is 11.4 Å². The second-order valence-corrected chi connectivity index (χ2v) is 9.69. The predicted molar refractivity (Wildman–Crippen MR) is 137 cm³/mol. The molecular weight excluding hydrogens is 531 g/mol. The van der Waals surface area contributed by atoms with E-state index in [9.17, 15) is 18.0 Å². The van der Waals surface area contributed by atoms with Crippen molar-refractivity contribution in [3.8, 4) is 11.5 Å². The highest BCUT2D eigenvalue weighted by molar-refractivity contribution is 7.92. The predicted octanol–water partition coefficient (Wildman–Crippen LogP) is 5.24. The average Bonchev–Trinajstić information content (AvgIpc) is 2.85. The van der Waals surface area contributed by atoms with Gasteiger partial charge in [-0.3, -0.25) is 9.52 Å². The second kappa shape index (κ2) is 11.5. The fraction of sp³-hybridized carbons (Fsp3) is 0.167. The SMILES string of the molecule is CCOC(=O)c1ccc(NC(=O)c2cc(NS(=O)(=O)c3cc(Cl)ccc3Cl)c(OC)c(OC)c2)cc1. The lowest BCUT2D eigenvalue weighted by molar-refractivity contribution is 0.0526. The topological polar surface area (TPSA) is 120 Å². The van der Waals surface area contributed by atoms with E-state index in [1.165, 1.54) is 68.8 Å². The quantitative estimate of drug-likeness (QED) is 0.348. The van der Waals surface area contributed by atoms with Crippen LogP contribution in [0.2, 0.25) is 10.0 Å². The summed E-state index contributed by atoms with van der Waals surface area (Å²) >= 11 is 12.0. The minimum absolute atomic E-state index is 0.0435. The molecule has 190 valence electrons. The van der Waals surface area contributed by atoms with Gasteiger partial charge in [0.05, 0.1) is 37.1 Å². The first-order valence-corrected chi connectivity index (χ1v) is 12.7. The number of sulfonamides is 1. The summed E-state index contributed by atoms with van der Waals surface area (Å²) in [6, 6.07) is 12.8. The molecule has 0 saturated carbocycles. The number of esters is 1. The van der Waals surface area contributed by atoms with E-state index >= 15 is 0 Å². The Hall–Kier alpha value is -3.47. The van der Waals surface area contributed by atoms with Crippen LogP contribution in [0.15, 0.2) is 59.5 Å². The molecule has 2 N–H and O–H groups in total. The molecule has 3 aromatic rings. The molecule has 0 unspecified atom stereocenters. The van der Waals surface area contributed by atoms with Gasteiger partial charge in [-0.2, -0.15) is 0 Å². The molecule has 36 heavy (non-hydrogen) atoms. The summed E-state index contributed by atoms with van der Waals surface area (Å²) in [4.78, 5) is 24.5. The fourth-order valence-corrected chi connectivity index (χ4v) is 4.98. The van der Waals surface area contributed by atoms with Crippen LogP contribution in [0.5, 0.6) is 11.5 Å². The zero-order valence-corrected chi connectivity index (χ0v) is 21.8. The summed E-state index contributed by atoms with van der Waals surface area (Å²) in [6.07, 6.45) is 0. The molecule has 0 aliphatic carbocycles. The number of nitrogens with one attached hydrogen (secondary N) is 2. The number of amides is 1. The Labute approximate surface area is 218 Å². The van der Waals surface area contributed by atoms with Crippen LogP contribution in [-0.4, -0.2) is 41.1 Å². The van der Waals surface area contributed by atoms with Gasteiger partial charge in [0.1, 0.15) is 4.90 Å². The van der Waals surface area contributed by atoms with Crippen LogP contribution in [0.25, 0.3) is 0 Å². The van der Waals surface area contributed by atoms with Gasteiger partial charge in [0.25, 0.3) is 15.9 Å². The van der Waals surface area contributed by atoms with Crippen molar-refractivity contribution >= 4 is 56.5 Å². The van der Waals surface area contributed by atoms with E-state index < -0.39 is 21.9 Å². The van der Waals surface area contributed by atoms with Gasteiger partial charge in [-0.25, -0.2) is 13.2 Å². The van der Waals surface area contributed by atoms with Gasteiger partial charge in [0, 0.05) is 16.3 Å². The fourth-order valence-electron chi connectivity index (χ4n) is 3.16. The zero-order valence-electron chi connectivity index (χ0n) is 19.4. The van der Waals surface area contributed by atoms with Gasteiger partial charge in [-0.05, 0) is 61.5 Å². The zero-order chi connectivity index (χ0) is 26.5. The van der Waals surface area contributed by atoms with Crippen LogP contribution >= 0.6 is 23.2 Å². The van der Waals surface area contributed by atoms with Crippen LogP contribution in [0.3, 0.4) is 0 Å². The summed E-state index contributed by atoms with van der Waals surface area (Å²) in [6.45, 7) is 1.94. The van der Waals surface area contributed by atoms with Crippen molar-refractivity contribution in [3.05, 3.63) is 75.8 Å². The van der Waals surface area contributed by atoms with Crippen molar-refractivity contribution in [1.82, 2.24) is 0 Å². The molecule has 9 nitrogen and oxygen atoms in total. The van der Waals surface area contributed by atoms with Gasteiger partial charge in [-0.15, -0.1) is 0 Å². The smallest absolute Gasteiger partial charge is 0.338 e. The molecule has 0 saturated heterocycles. The number of anilines is 2. The van der Waals surface area contributed by atoms with E-state index in [0.717, 1.165) is 0 Å². The lowest BCUT2D eigenvalue weighted by Gasteiger charge is -2.17. The van der Waals surface area contributed by atoms with Crippen molar-refractivity contribution in [3.63, 3.8) is 0 Å².